The van der Waals surface area contributed by atoms with Gasteiger partial charge in [-0.25, -0.2) is 9.78 Å². The molecule has 1 saturated heterocycles. The first kappa shape index (κ1) is 14.1. The van der Waals surface area contributed by atoms with E-state index in [1.54, 1.807) is 16.8 Å². The number of amides is 2. The Kier molecular flexibility index (Phi) is 4.50. The predicted octanol–water partition coefficient (Wildman–Crippen LogP) is 2.92. The van der Waals surface area contributed by atoms with Gasteiger partial charge in [0, 0.05) is 18.5 Å². The Labute approximate surface area is 128 Å². The zero-order valence-electron chi connectivity index (χ0n) is 11.9. The van der Waals surface area contributed by atoms with Crippen molar-refractivity contribution in [2.24, 2.45) is 5.92 Å². The molecule has 1 unspecified atom stereocenters. The minimum absolute atomic E-state index is 0.0264. The normalized spacial score (nSPS) is 17.9. The van der Waals surface area contributed by atoms with Crippen LogP contribution >= 0.6 is 11.3 Å². The lowest BCUT2D eigenvalue weighted by atomic mass is 9.99. The van der Waals surface area contributed by atoms with Crippen molar-refractivity contribution in [3.05, 3.63) is 52.5 Å². The number of hydrogen-bond donors (Lipinski definition) is 1. The lowest BCUT2D eigenvalue weighted by Crippen LogP contribution is -2.38. The first-order valence-corrected chi connectivity index (χ1v) is 8.19. The molecule has 1 aromatic carbocycles. The van der Waals surface area contributed by atoms with Crippen molar-refractivity contribution < 1.29 is 4.79 Å². The molecule has 2 heterocycles. The summed E-state index contributed by atoms with van der Waals surface area (Å²) in [5, 5.41) is 4.90. The smallest absolute Gasteiger partial charge is 0.317 e. The van der Waals surface area contributed by atoms with Gasteiger partial charge in [-0.15, -0.1) is 11.3 Å². The Bertz CT molecular complexity index is 570. The van der Waals surface area contributed by atoms with Crippen molar-refractivity contribution in [3.8, 4) is 0 Å². The van der Waals surface area contributed by atoms with Gasteiger partial charge in [0.05, 0.1) is 17.7 Å². The van der Waals surface area contributed by atoms with Gasteiger partial charge < -0.3 is 10.2 Å². The molecule has 1 aliphatic heterocycles. The number of nitrogens with one attached hydrogen (secondary N) is 1. The van der Waals surface area contributed by atoms with E-state index in [4.69, 9.17) is 0 Å². The van der Waals surface area contributed by atoms with E-state index in [0.29, 0.717) is 12.5 Å². The molecule has 0 aliphatic carbocycles. The summed E-state index contributed by atoms with van der Waals surface area (Å²) in [6.07, 6.45) is 2.13. The Morgan fingerprint density at radius 3 is 3.00 bits per heavy atom. The van der Waals surface area contributed by atoms with Gasteiger partial charge in [0.25, 0.3) is 0 Å². The summed E-state index contributed by atoms with van der Waals surface area (Å²) in [7, 11) is 0. The summed E-state index contributed by atoms with van der Waals surface area (Å²) in [4.78, 5) is 18.2. The fourth-order valence-electron chi connectivity index (χ4n) is 2.73. The van der Waals surface area contributed by atoms with E-state index in [1.165, 1.54) is 5.56 Å². The SMILES string of the molecule is O=C(NCc1cscn1)N1CCC(Cc2ccccc2)C1. The molecular formula is C16H19N3OS. The maximum absolute atomic E-state index is 12.1. The average molecular weight is 301 g/mol. The number of benzene rings is 1. The highest BCUT2D eigenvalue weighted by Crippen LogP contribution is 2.20. The fraction of sp³-hybridized carbons (Fsp3) is 0.375. The van der Waals surface area contributed by atoms with E-state index in [2.05, 4.69) is 34.6 Å². The number of nitrogens with zero attached hydrogens (tertiary/aromatic N) is 2. The summed E-state index contributed by atoms with van der Waals surface area (Å²) >= 11 is 1.55. The van der Waals surface area contributed by atoms with Gasteiger partial charge in [-0.1, -0.05) is 30.3 Å². The molecule has 1 atom stereocenters. The van der Waals surface area contributed by atoms with Crippen LogP contribution in [0, 0.1) is 5.92 Å². The van der Waals surface area contributed by atoms with E-state index in [1.807, 2.05) is 16.3 Å². The average Bonchev–Trinajstić information content (AvgIpc) is 3.17. The van der Waals surface area contributed by atoms with E-state index >= 15 is 0 Å². The zero-order chi connectivity index (χ0) is 14.5. The third-order valence-electron chi connectivity index (χ3n) is 3.84. The maximum Gasteiger partial charge on any atom is 0.317 e. The second-order valence-corrected chi connectivity index (χ2v) is 6.15. The Morgan fingerprint density at radius 2 is 2.24 bits per heavy atom. The number of urea groups is 1. The quantitative estimate of drug-likeness (QED) is 0.943. The summed E-state index contributed by atoms with van der Waals surface area (Å²) in [6.45, 7) is 2.21. The summed E-state index contributed by atoms with van der Waals surface area (Å²) < 4.78 is 0. The third-order valence-corrected chi connectivity index (χ3v) is 4.48. The molecule has 0 radical (unpaired) electrons. The number of rotatable bonds is 4. The third kappa shape index (κ3) is 3.82. The van der Waals surface area contributed by atoms with Crippen LogP contribution in [0.3, 0.4) is 0 Å². The predicted molar refractivity (Wildman–Crippen MR) is 84.2 cm³/mol. The second kappa shape index (κ2) is 6.72. The molecule has 3 rings (SSSR count). The molecule has 2 amide bonds. The fourth-order valence-corrected chi connectivity index (χ4v) is 3.29. The van der Waals surface area contributed by atoms with Crippen molar-refractivity contribution in [2.45, 2.75) is 19.4 Å². The van der Waals surface area contributed by atoms with Gasteiger partial charge in [0.15, 0.2) is 0 Å². The maximum atomic E-state index is 12.1. The van der Waals surface area contributed by atoms with Gasteiger partial charge in [-0.05, 0) is 24.3 Å². The molecule has 0 spiro atoms. The molecule has 5 heteroatoms. The van der Waals surface area contributed by atoms with Crippen molar-refractivity contribution in [2.75, 3.05) is 13.1 Å². The number of thiazole rings is 1. The number of hydrogen-bond acceptors (Lipinski definition) is 3. The summed E-state index contributed by atoms with van der Waals surface area (Å²) in [5.74, 6) is 0.567. The molecule has 2 aromatic rings. The topological polar surface area (TPSA) is 45.2 Å². The lowest BCUT2D eigenvalue weighted by molar-refractivity contribution is 0.206. The van der Waals surface area contributed by atoms with Crippen LogP contribution in [-0.2, 0) is 13.0 Å². The highest BCUT2D eigenvalue weighted by atomic mass is 32.1. The molecule has 0 bridgehead atoms. The Balaban J connectivity index is 1.46. The van der Waals surface area contributed by atoms with Gasteiger partial charge in [-0.3, -0.25) is 0 Å². The largest absolute Gasteiger partial charge is 0.332 e. The monoisotopic (exact) mass is 301 g/mol. The van der Waals surface area contributed by atoms with Crippen LogP contribution in [0.15, 0.2) is 41.2 Å². The lowest BCUT2D eigenvalue weighted by Gasteiger charge is -2.17. The first-order chi connectivity index (χ1) is 10.3. The number of likely N-dealkylation sites (tertiary alicyclic amines) is 1. The van der Waals surface area contributed by atoms with Crippen molar-refractivity contribution in [1.82, 2.24) is 15.2 Å². The molecule has 1 aliphatic rings. The zero-order valence-corrected chi connectivity index (χ0v) is 12.7. The number of carbonyl (C=O) groups excluding carboxylic acids is 1. The standard InChI is InChI=1S/C16H19N3OS/c20-16(17-9-15-11-21-12-18-15)19-7-6-14(10-19)8-13-4-2-1-3-5-13/h1-5,11-12,14H,6-10H2,(H,17,20). The molecular weight excluding hydrogens is 282 g/mol. The summed E-state index contributed by atoms with van der Waals surface area (Å²) in [6, 6.07) is 10.5. The molecule has 1 aromatic heterocycles. The minimum Gasteiger partial charge on any atom is -0.332 e. The van der Waals surface area contributed by atoms with Gasteiger partial charge in [-0.2, -0.15) is 0 Å². The van der Waals surface area contributed by atoms with Gasteiger partial charge in [0.2, 0.25) is 0 Å². The van der Waals surface area contributed by atoms with Crippen LogP contribution < -0.4 is 5.32 Å². The highest BCUT2D eigenvalue weighted by molar-refractivity contribution is 7.07. The number of carbonyl (C=O) groups is 1. The van der Waals surface area contributed by atoms with Crippen molar-refractivity contribution >= 4 is 17.4 Å². The molecule has 21 heavy (non-hydrogen) atoms. The van der Waals surface area contributed by atoms with E-state index < -0.39 is 0 Å². The van der Waals surface area contributed by atoms with E-state index in [0.717, 1.165) is 31.6 Å². The highest BCUT2D eigenvalue weighted by Gasteiger charge is 2.26. The van der Waals surface area contributed by atoms with Crippen LogP contribution in [0.5, 0.6) is 0 Å². The number of aromatic nitrogens is 1. The van der Waals surface area contributed by atoms with Crippen LogP contribution in [0.25, 0.3) is 0 Å². The van der Waals surface area contributed by atoms with Gasteiger partial charge in [0.1, 0.15) is 0 Å². The molecule has 4 nitrogen and oxygen atoms in total. The van der Waals surface area contributed by atoms with E-state index in [-0.39, 0.29) is 6.03 Å². The summed E-state index contributed by atoms with van der Waals surface area (Å²) in [5.41, 5.74) is 4.06. The van der Waals surface area contributed by atoms with Crippen LogP contribution in [0.2, 0.25) is 0 Å². The molecule has 1 N–H and O–H groups in total. The van der Waals surface area contributed by atoms with Crippen LogP contribution in [0.1, 0.15) is 17.7 Å². The van der Waals surface area contributed by atoms with Crippen molar-refractivity contribution in [1.29, 1.82) is 0 Å². The van der Waals surface area contributed by atoms with Crippen LogP contribution in [0.4, 0.5) is 4.79 Å². The van der Waals surface area contributed by atoms with E-state index in [9.17, 15) is 4.79 Å². The van der Waals surface area contributed by atoms with Crippen LogP contribution in [-0.4, -0.2) is 29.0 Å². The van der Waals surface area contributed by atoms with Gasteiger partial charge >= 0.3 is 6.03 Å². The molecule has 110 valence electrons. The first-order valence-electron chi connectivity index (χ1n) is 7.25. The Hall–Kier alpha value is -1.88. The second-order valence-electron chi connectivity index (χ2n) is 5.43. The Morgan fingerprint density at radius 1 is 1.38 bits per heavy atom. The van der Waals surface area contributed by atoms with Crippen molar-refractivity contribution in [3.63, 3.8) is 0 Å². The minimum atomic E-state index is 0.0264. The molecule has 1 fully saturated rings. The molecule has 0 saturated carbocycles.